The average Bonchev–Trinajstić information content (AvgIpc) is 1.95. The van der Waals surface area contributed by atoms with Gasteiger partial charge < -0.3 is 8.85 Å². The van der Waals surface area contributed by atoms with E-state index in [9.17, 15) is 0 Å². The molecule has 0 aliphatic heterocycles. The fraction of sp³-hybridized carbons (Fsp3) is 1.00. The molecule has 2 nitrogen and oxygen atoms in total. The first kappa shape index (κ1) is 9.84. The predicted molar refractivity (Wildman–Crippen MR) is 47.5 cm³/mol. The summed E-state index contributed by atoms with van der Waals surface area (Å²) in [5.41, 5.74) is 0. The minimum Gasteiger partial charge on any atom is -0.397 e. The van der Waals surface area contributed by atoms with Gasteiger partial charge in [0.1, 0.15) is 0 Å². The van der Waals surface area contributed by atoms with Crippen molar-refractivity contribution in [1.82, 2.24) is 0 Å². The Morgan fingerprint density at radius 2 is 1.44 bits per heavy atom. The third kappa shape index (κ3) is 2.51. The van der Waals surface area contributed by atoms with E-state index in [1.165, 1.54) is 0 Å². The van der Waals surface area contributed by atoms with Crippen LogP contribution in [0.2, 0.25) is 0 Å². The van der Waals surface area contributed by atoms with Gasteiger partial charge in [-0.2, -0.15) is 25.3 Å². The molecule has 0 saturated heterocycles. The van der Waals surface area contributed by atoms with Crippen molar-refractivity contribution < 1.29 is 8.85 Å². The van der Waals surface area contributed by atoms with Crippen molar-refractivity contribution in [3.05, 3.63) is 0 Å². The number of hydrogen-bond donors (Lipinski definition) is 2. The summed E-state index contributed by atoms with van der Waals surface area (Å²) in [4.78, 5) is 0. The molecule has 0 spiro atoms. The average molecular weight is 184 g/mol. The van der Waals surface area contributed by atoms with Gasteiger partial charge in [0.15, 0.2) is 0 Å². The van der Waals surface area contributed by atoms with Gasteiger partial charge in [-0.05, 0) is 0 Å². The summed E-state index contributed by atoms with van der Waals surface area (Å²) in [7, 11) is 1.32. The molecule has 0 aliphatic carbocycles. The zero-order valence-corrected chi connectivity index (χ0v) is 8.41. The molecule has 0 fully saturated rings. The maximum absolute atomic E-state index is 5.15. The quantitative estimate of drug-likeness (QED) is 0.494. The van der Waals surface area contributed by atoms with Gasteiger partial charge in [-0.1, -0.05) is 0 Å². The molecule has 9 heavy (non-hydrogen) atoms. The fourth-order valence-corrected chi connectivity index (χ4v) is 3.92. The van der Waals surface area contributed by atoms with Gasteiger partial charge in [0.05, 0.1) is 0 Å². The van der Waals surface area contributed by atoms with Crippen molar-refractivity contribution in [2.75, 3.05) is 25.0 Å². The highest BCUT2D eigenvalue weighted by molar-refractivity contribution is 7.85. The van der Waals surface area contributed by atoms with Gasteiger partial charge in [-0.15, -0.1) is 0 Å². The summed E-state index contributed by atoms with van der Waals surface area (Å²) in [6.45, 7) is 0. The summed E-state index contributed by atoms with van der Waals surface area (Å²) in [5.74, 6) is 0. The van der Waals surface area contributed by atoms with Gasteiger partial charge >= 0.3 is 8.56 Å². The Morgan fingerprint density at radius 1 is 1.11 bits per heavy atom. The molecule has 0 aromatic heterocycles. The SMILES string of the molecule is CO[Si](CS)(CS)OC. The molecular formula is C4H12O2S2Si. The van der Waals surface area contributed by atoms with Crippen LogP contribution >= 0.6 is 25.3 Å². The van der Waals surface area contributed by atoms with E-state index in [1.807, 2.05) is 0 Å². The lowest BCUT2D eigenvalue weighted by Gasteiger charge is -2.22. The van der Waals surface area contributed by atoms with Gasteiger partial charge in [-0.3, -0.25) is 0 Å². The summed E-state index contributed by atoms with van der Waals surface area (Å²) in [6.07, 6.45) is 0. The highest BCUT2D eigenvalue weighted by atomic mass is 32.1. The molecular weight excluding hydrogens is 172 g/mol. The van der Waals surface area contributed by atoms with Crippen LogP contribution in [0, 0.1) is 0 Å². The molecule has 0 aromatic rings. The van der Waals surface area contributed by atoms with E-state index in [0.717, 1.165) is 0 Å². The zero-order valence-electron chi connectivity index (χ0n) is 5.63. The Labute approximate surface area is 68.0 Å². The van der Waals surface area contributed by atoms with E-state index < -0.39 is 8.56 Å². The lowest BCUT2D eigenvalue weighted by Crippen LogP contribution is -2.45. The molecule has 0 aromatic carbocycles. The van der Waals surface area contributed by atoms with Crippen LogP contribution in [0.4, 0.5) is 0 Å². The van der Waals surface area contributed by atoms with Crippen molar-refractivity contribution in [2.24, 2.45) is 0 Å². The summed E-state index contributed by atoms with van der Waals surface area (Å²) in [6, 6.07) is 0. The van der Waals surface area contributed by atoms with Crippen LogP contribution < -0.4 is 0 Å². The Hall–Kier alpha value is 0.837. The van der Waals surface area contributed by atoms with Crippen LogP contribution in [0.25, 0.3) is 0 Å². The summed E-state index contributed by atoms with van der Waals surface area (Å²) in [5, 5.41) is 1.31. The van der Waals surface area contributed by atoms with Crippen molar-refractivity contribution in [3.63, 3.8) is 0 Å². The number of rotatable bonds is 4. The Kier molecular flexibility index (Phi) is 5.05. The largest absolute Gasteiger partial charge is 0.397 e. The van der Waals surface area contributed by atoms with Crippen molar-refractivity contribution in [1.29, 1.82) is 0 Å². The molecule has 0 radical (unpaired) electrons. The predicted octanol–water partition coefficient (Wildman–Crippen LogP) is 0.659. The van der Waals surface area contributed by atoms with Crippen LogP contribution in [-0.4, -0.2) is 33.5 Å². The van der Waals surface area contributed by atoms with E-state index in [0.29, 0.717) is 10.8 Å². The lowest BCUT2D eigenvalue weighted by molar-refractivity contribution is 0.256. The van der Waals surface area contributed by atoms with E-state index in [1.54, 1.807) is 14.2 Å². The molecule has 0 atom stereocenters. The van der Waals surface area contributed by atoms with Gasteiger partial charge in [0.25, 0.3) is 0 Å². The van der Waals surface area contributed by atoms with Crippen LogP contribution in [-0.2, 0) is 8.85 Å². The number of thiol groups is 2. The lowest BCUT2D eigenvalue weighted by atomic mass is 11.8. The van der Waals surface area contributed by atoms with Crippen LogP contribution in [0.3, 0.4) is 0 Å². The number of hydrogen-bond acceptors (Lipinski definition) is 4. The zero-order chi connectivity index (χ0) is 7.33. The first-order valence-corrected chi connectivity index (χ1v) is 6.06. The third-order valence-corrected chi connectivity index (χ3v) is 6.57. The Morgan fingerprint density at radius 3 is 1.44 bits per heavy atom. The maximum Gasteiger partial charge on any atom is 0.357 e. The summed E-state index contributed by atoms with van der Waals surface area (Å²) < 4.78 is 10.3. The first-order valence-electron chi connectivity index (χ1n) is 2.56. The van der Waals surface area contributed by atoms with Gasteiger partial charge in [0.2, 0.25) is 0 Å². The normalized spacial score (nSPS) is 12.0. The molecule has 0 unspecified atom stereocenters. The topological polar surface area (TPSA) is 18.5 Å². The molecule has 56 valence electrons. The van der Waals surface area contributed by atoms with E-state index in [2.05, 4.69) is 25.3 Å². The Balaban J connectivity index is 3.82. The third-order valence-electron chi connectivity index (χ3n) is 1.23. The molecule has 0 aliphatic rings. The van der Waals surface area contributed by atoms with Crippen LogP contribution in [0.15, 0.2) is 0 Å². The molecule has 5 heteroatoms. The minimum absolute atomic E-state index is 0.656. The molecule has 0 rings (SSSR count). The monoisotopic (exact) mass is 184 g/mol. The second-order valence-electron chi connectivity index (χ2n) is 1.64. The molecule has 0 N–H and O–H groups in total. The molecule has 0 heterocycles. The van der Waals surface area contributed by atoms with Crippen molar-refractivity contribution in [2.45, 2.75) is 0 Å². The van der Waals surface area contributed by atoms with E-state index >= 15 is 0 Å². The Bertz CT molecular complexity index is 59.5. The highest BCUT2D eigenvalue weighted by Gasteiger charge is 2.31. The first-order chi connectivity index (χ1) is 4.24. The van der Waals surface area contributed by atoms with Crippen molar-refractivity contribution >= 4 is 33.8 Å². The molecule has 0 amide bonds. The maximum atomic E-state index is 5.15. The molecule has 0 saturated carbocycles. The van der Waals surface area contributed by atoms with E-state index in [-0.39, 0.29) is 0 Å². The highest BCUT2D eigenvalue weighted by Crippen LogP contribution is 2.07. The van der Waals surface area contributed by atoms with Crippen LogP contribution in [0.5, 0.6) is 0 Å². The molecule has 0 bridgehead atoms. The second-order valence-corrected chi connectivity index (χ2v) is 6.80. The van der Waals surface area contributed by atoms with Crippen molar-refractivity contribution in [3.8, 4) is 0 Å². The standard InChI is InChI=1S/C4H12O2S2Si/c1-5-9(3-7,4-8)6-2/h7-8H,3-4H2,1-2H3. The van der Waals surface area contributed by atoms with Gasteiger partial charge in [0, 0.05) is 25.0 Å². The smallest absolute Gasteiger partial charge is 0.357 e. The second kappa shape index (κ2) is 4.62. The minimum atomic E-state index is -1.96. The van der Waals surface area contributed by atoms with Crippen LogP contribution in [0.1, 0.15) is 0 Å². The van der Waals surface area contributed by atoms with E-state index in [4.69, 9.17) is 8.85 Å². The summed E-state index contributed by atoms with van der Waals surface area (Å²) >= 11 is 8.21. The van der Waals surface area contributed by atoms with Gasteiger partial charge in [-0.25, -0.2) is 0 Å². The fourth-order valence-electron chi connectivity index (χ4n) is 0.392.